The van der Waals surface area contributed by atoms with Crippen molar-refractivity contribution in [2.45, 2.75) is 238 Å². The van der Waals surface area contributed by atoms with Crippen molar-refractivity contribution in [3.8, 4) is 0 Å². The number of rotatable bonds is 34. The van der Waals surface area contributed by atoms with Gasteiger partial charge >= 0.3 is 0 Å². The van der Waals surface area contributed by atoms with E-state index in [0.29, 0.717) is 6.10 Å². The molecule has 0 radical (unpaired) electrons. The van der Waals surface area contributed by atoms with Crippen LogP contribution in [0.4, 0.5) is 0 Å². The van der Waals surface area contributed by atoms with Gasteiger partial charge in [-0.2, -0.15) is 0 Å². The maximum atomic E-state index is 6.60. The Kier molecular flexibility index (Phi) is 30.5. The molecule has 0 aromatic rings. The lowest BCUT2D eigenvalue weighted by Crippen LogP contribution is -2.31. The molecule has 1 rings (SSSR count). The minimum Gasteiger partial charge on any atom is -0.347 e. The van der Waals surface area contributed by atoms with Gasteiger partial charge in [0.1, 0.15) is 0 Å². The second kappa shape index (κ2) is 32.3. The predicted molar refractivity (Wildman–Crippen MR) is 197 cm³/mol. The van der Waals surface area contributed by atoms with E-state index in [0.717, 1.165) is 32.3 Å². The first-order chi connectivity index (χ1) is 21.8. The van der Waals surface area contributed by atoms with Crippen molar-refractivity contribution in [2.24, 2.45) is 0 Å². The van der Waals surface area contributed by atoms with E-state index in [9.17, 15) is 0 Å². The first-order valence-corrected chi connectivity index (χ1v) is 20.4. The fourth-order valence-corrected chi connectivity index (χ4v) is 6.79. The van der Waals surface area contributed by atoms with Gasteiger partial charge in [-0.3, -0.25) is 0 Å². The summed E-state index contributed by atoms with van der Waals surface area (Å²) in [6.07, 6.45) is 52.7. The van der Waals surface area contributed by atoms with Gasteiger partial charge in [-0.15, -0.1) is 0 Å². The summed E-state index contributed by atoms with van der Waals surface area (Å²) in [5.41, 5.74) is 0. The highest BCUT2D eigenvalue weighted by atomic mass is 16.7. The smallest absolute Gasteiger partial charge is 0.168 e. The molecule has 44 heavy (non-hydrogen) atoms. The van der Waals surface area contributed by atoms with Crippen molar-refractivity contribution in [3.63, 3.8) is 0 Å². The average Bonchev–Trinajstić information content (AvgIpc) is 3.43. The van der Waals surface area contributed by atoms with Gasteiger partial charge in [0.15, 0.2) is 5.79 Å². The van der Waals surface area contributed by atoms with Crippen LogP contribution < -0.4 is 0 Å². The summed E-state index contributed by atoms with van der Waals surface area (Å²) in [4.78, 5) is 0. The predicted octanol–water partition coefficient (Wildman–Crippen LogP) is 14.8. The number of hydrogen-bond donors (Lipinski definition) is 0. The molecule has 0 amide bonds. The number of ether oxygens (including phenoxy) is 2. The number of allylic oxidation sites excluding steroid dienone is 4. The molecule has 1 saturated heterocycles. The van der Waals surface area contributed by atoms with E-state index < -0.39 is 0 Å². The van der Waals surface area contributed by atoms with Crippen LogP contribution in [0.25, 0.3) is 0 Å². The van der Waals surface area contributed by atoms with Crippen LogP contribution >= 0.6 is 0 Å². The molecule has 2 nitrogen and oxygen atoms in total. The molecule has 260 valence electrons. The molecule has 1 heterocycles. The minimum atomic E-state index is -0.273. The molecule has 1 aliphatic heterocycles. The highest BCUT2D eigenvalue weighted by Crippen LogP contribution is 2.36. The Morgan fingerprint density at radius 1 is 0.455 bits per heavy atom. The van der Waals surface area contributed by atoms with Gasteiger partial charge in [0.05, 0.1) is 12.7 Å². The summed E-state index contributed by atoms with van der Waals surface area (Å²) in [5.74, 6) is -0.273. The summed E-state index contributed by atoms with van der Waals surface area (Å²) in [6.45, 7) is 7.66. The van der Waals surface area contributed by atoms with Crippen molar-refractivity contribution in [1.29, 1.82) is 0 Å². The van der Waals surface area contributed by atoms with Gasteiger partial charge < -0.3 is 9.47 Å². The maximum absolute atomic E-state index is 6.60. The molecule has 2 atom stereocenters. The van der Waals surface area contributed by atoms with Crippen LogP contribution in [0.1, 0.15) is 226 Å². The first-order valence-electron chi connectivity index (χ1n) is 20.4. The molecule has 0 saturated carbocycles. The number of unbranched alkanes of at least 4 members (excludes halogenated alkanes) is 24. The largest absolute Gasteiger partial charge is 0.347 e. The minimum absolute atomic E-state index is 0.273. The molecular weight excluding hydrogens is 536 g/mol. The average molecular weight is 617 g/mol. The third kappa shape index (κ3) is 25.6. The van der Waals surface area contributed by atoms with Crippen LogP contribution in [0.15, 0.2) is 24.3 Å². The first kappa shape index (κ1) is 41.4. The normalized spacial score (nSPS) is 18.8. The molecule has 0 spiro atoms. The van der Waals surface area contributed by atoms with Crippen LogP contribution in [0, 0.1) is 0 Å². The van der Waals surface area contributed by atoms with Gasteiger partial charge in [-0.25, -0.2) is 0 Å². The summed E-state index contributed by atoms with van der Waals surface area (Å²) < 4.78 is 13.0. The molecule has 0 aliphatic carbocycles. The Labute approximate surface area is 278 Å². The van der Waals surface area contributed by atoms with Crippen molar-refractivity contribution in [1.82, 2.24) is 0 Å². The lowest BCUT2D eigenvalue weighted by Gasteiger charge is -2.28. The maximum Gasteiger partial charge on any atom is 0.168 e. The molecule has 0 aromatic carbocycles. The van der Waals surface area contributed by atoms with Crippen molar-refractivity contribution < 1.29 is 9.47 Å². The fourth-order valence-electron chi connectivity index (χ4n) is 6.79. The highest BCUT2D eigenvalue weighted by molar-refractivity contribution is 4.92. The SMILES string of the molecule is CCCCC/C=C\C/C=C\CCCCCCCCC1(CCCCCCCCCCCCCCCCCC)OCC(CCC)O1. The topological polar surface area (TPSA) is 18.5 Å². The Morgan fingerprint density at radius 3 is 1.30 bits per heavy atom. The Hall–Kier alpha value is -0.600. The van der Waals surface area contributed by atoms with Crippen LogP contribution in [0.2, 0.25) is 0 Å². The van der Waals surface area contributed by atoms with E-state index in [2.05, 4.69) is 45.1 Å². The van der Waals surface area contributed by atoms with E-state index in [1.54, 1.807) is 0 Å². The monoisotopic (exact) mass is 617 g/mol. The number of hydrogen-bond acceptors (Lipinski definition) is 2. The third-order valence-electron chi connectivity index (χ3n) is 9.69. The van der Waals surface area contributed by atoms with Crippen molar-refractivity contribution in [3.05, 3.63) is 24.3 Å². The zero-order valence-corrected chi connectivity index (χ0v) is 30.5. The van der Waals surface area contributed by atoms with Gasteiger partial charge in [-0.1, -0.05) is 186 Å². The van der Waals surface area contributed by atoms with E-state index in [1.807, 2.05) is 0 Å². The van der Waals surface area contributed by atoms with Crippen LogP contribution in [-0.4, -0.2) is 18.5 Å². The summed E-state index contributed by atoms with van der Waals surface area (Å²) in [6, 6.07) is 0. The van der Waals surface area contributed by atoms with Crippen LogP contribution in [-0.2, 0) is 9.47 Å². The zero-order chi connectivity index (χ0) is 31.7. The second-order valence-electron chi connectivity index (χ2n) is 14.1. The zero-order valence-electron chi connectivity index (χ0n) is 30.5. The lowest BCUT2D eigenvalue weighted by atomic mass is 9.98. The summed E-state index contributed by atoms with van der Waals surface area (Å²) >= 11 is 0. The summed E-state index contributed by atoms with van der Waals surface area (Å²) in [5, 5.41) is 0. The van der Waals surface area contributed by atoms with E-state index in [1.165, 1.54) is 180 Å². The quantitative estimate of drug-likeness (QED) is 0.0529. The Bertz CT molecular complexity index is 625. The van der Waals surface area contributed by atoms with E-state index in [4.69, 9.17) is 9.47 Å². The molecule has 2 unspecified atom stereocenters. The van der Waals surface area contributed by atoms with Crippen molar-refractivity contribution >= 4 is 0 Å². The molecule has 0 bridgehead atoms. The van der Waals surface area contributed by atoms with Crippen LogP contribution in [0.5, 0.6) is 0 Å². The second-order valence-corrected chi connectivity index (χ2v) is 14.1. The van der Waals surface area contributed by atoms with Gasteiger partial charge in [-0.05, 0) is 51.4 Å². The van der Waals surface area contributed by atoms with Gasteiger partial charge in [0, 0.05) is 12.8 Å². The molecule has 1 aliphatic rings. The van der Waals surface area contributed by atoms with Gasteiger partial charge in [0.2, 0.25) is 0 Å². The molecule has 1 fully saturated rings. The van der Waals surface area contributed by atoms with Crippen molar-refractivity contribution in [2.75, 3.05) is 6.61 Å². The molecule has 2 heteroatoms. The summed E-state index contributed by atoms with van der Waals surface area (Å²) in [7, 11) is 0. The highest BCUT2D eigenvalue weighted by Gasteiger charge is 2.39. The Morgan fingerprint density at radius 2 is 0.841 bits per heavy atom. The molecule has 0 N–H and O–H groups in total. The standard InChI is InChI=1S/C42H80O2/c1-4-7-9-11-13-15-17-19-21-23-25-27-29-31-33-35-38-42(43-40-41(44-42)37-6-3)39-36-34-32-30-28-26-24-22-20-18-16-14-12-10-8-5-2/h13,15,19,21,41H,4-12,14,16-18,20,22-40H2,1-3H3/b15-13-,21-19-. The molecule has 0 aromatic heterocycles. The van der Waals surface area contributed by atoms with Gasteiger partial charge in [0.25, 0.3) is 0 Å². The third-order valence-corrected chi connectivity index (χ3v) is 9.69. The lowest BCUT2D eigenvalue weighted by molar-refractivity contribution is -0.180. The van der Waals surface area contributed by atoms with Crippen LogP contribution in [0.3, 0.4) is 0 Å². The van der Waals surface area contributed by atoms with E-state index in [-0.39, 0.29) is 5.79 Å². The Balaban J connectivity index is 2.04. The molecular formula is C42H80O2. The van der Waals surface area contributed by atoms with E-state index >= 15 is 0 Å². The fraction of sp³-hybridized carbons (Fsp3) is 0.905.